The van der Waals surface area contributed by atoms with Crippen molar-refractivity contribution in [1.29, 1.82) is 0 Å². The minimum absolute atomic E-state index is 0.0222. The molecule has 5 nitrogen and oxygen atoms in total. The number of methoxy groups -OCH3 is 1. The molecule has 0 bridgehead atoms. The largest absolute Gasteiger partial charge is 0.382 e. The van der Waals surface area contributed by atoms with Crippen LogP contribution in [-0.2, 0) is 14.3 Å². The molecule has 128 valence electrons. The van der Waals surface area contributed by atoms with Gasteiger partial charge in [-0.2, -0.15) is 0 Å². The van der Waals surface area contributed by atoms with Gasteiger partial charge in [-0.1, -0.05) is 30.3 Å². The number of benzene rings is 2. The summed E-state index contributed by atoms with van der Waals surface area (Å²) < 4.78 is 10.0. The van der Waals surface area contributed by atoms with Crippen LogP contribution < -0.4 is 10.6 Å². The Morgan fingerprint density at radius 1 is 1.00 bits per heavy atom. The molecule has 2 N–H and O–H groups in total. The molecule has 0 saturated heterocycles. The minimum atomic E-state index is -0.176. The predicted molar refractivity (Wildman–Crippen MR) is 96.2 cm³/mol. The number of carbonyl (C=O) groups excluding carboxylic acids is 1. The third-order valence-electron chi connectivity index (χ3n) is 3.52. The van der Waals surface area contributed by atoms with E-state index in [1.807, 2.05) is 42.5 Å². The van der Waals surface area contributed by atoms with Crippen LogP contribution in [0.3, 0.4) is 0 Å². The van der Waals surface area contributed by atoms with Crippen molar-refractivity contribution in [3.8, 4) is 0 Å². The van der Waals surface area contributed by atoms with Gasteiger partial charge in [0.25, 0.3) is 0 Å². The molecule has 5 heteroatoms. The van der Waals surface area contributed by atoms with Gasteiger partial charge in [0, 0.05) is 24.5 Å². The number of anilines is 2. The quantitative estimate of drug-likeness (QED) is 0.692. The summed E-state index contributed by atoms with van der Waals surface area (Å²) in [6, 6.07) is 18.1. The normalized spacial score (nSPS) is 11.8. The molecular weight excluding hydrogens is 304 g/mol. The van der Waals surface area contributed by atoms with E-state index in [4.69, 9.17) is 9.47 Å². The van der Waals surface area contributed by atoms with Crippen LogP contribution in [0, 0.1) is 0 Å². The van der Waals surface area contributed by atoms with E-state index in [9.17, 15) is 4.79 Å². The molecule has 0 aliphatic carbocycles. The number of rotatable bonds is 9. The van der Waals surface area contributed by atoms with E-state index in [1.165, 1.54) is 5.56 Å². The zero-order valence-corrected chi connectivity index (χ0v) is 14.1. The highest BCUT2D eigenvalue weighted by Gasteiger charge is 2.05. The summed E-state index contributed by atoms with van der Waals surface area (Å²) >= 11 is 0. The fraction of sp³-hybridized carbons (Fsp3) is 0.316. The Balaban J connectivity index is 1.81. The Morgan fingerprint density at radius 2 is 1.67 bits per heavy atom. The number of nitrogens with one attached hydrogen (secondary N) is 2. The molecule has 0 aliphatic heterocycles. The lowest BCUT2D eigenvalue weighted by Gasteiger charge is -2.16. The maximum absolute atomic E-state index is 11.7. The molecule has 0 saturated carbocycles. The number of hydrogen-bond donors (Lipinski definition) is 2. The highest BCUT2D eigenvalue weighted by Crippen LogP contribution is 2.20. The average Bonchev–Trinajstić information content (AvgIpc) is 2.61. The van der Waals surface area contributed by atoms with E-state index in [1.54, 1.807) is 7.11 Å². The lowest BCUT2D eigenvalue weighted by molar-refractivity contribution is -0.121. The van der Waals surface area contributed by atoms with Crippen LogP contribution in [0.25, 0.3) is 0 Å². The van der Waals surface area contributed by atoms with Gasteiger partial charge in [-0.25, -0.2) is 0 Å². The van der Waals surface area contributed by atoms with Gasteiger partial charge in [0.05, 0.1) is 13.2 Å². The zero-order chi connectivity index (χ0) is 17.2. The first-order chi connectivity index (χ1) is 11.7. The second-order valence-electron chi connectivity index (χ2n) is 5.45. The predicted octanol–water partition coefficient (Wildman–Crippen LogP) is 3.46. The third kappa shape index (κ3) is 6.02. The number of hydrogen-bond acceptors (Lipinski definition) is 4. The van der Waals surface area contributed by atoms with Crippen LogP contribution in [-0.4, -0.2) is 32.8 Å². The zero-order valence-electron chi connectivity index (χ0n) is 14.1. The van der Waals surface area contributed by atoms with Gasteiger partial charge >= 0.3 is 0 Å². The van der Waals surface area contributed by atoms with E-state index in [2.05, 4.69) is 29.7 Å². The Morgan fingerprint density at radius 3 is 2.33 bits per heavy atom. The van der Waals surface area contributed by atoms with Crippen molar-refractivity contribution in [1.82, 2.24) is 0 Å². The second kappa shape index (κ2) is 9.70. The summed E-state index contributed by atoms with van der Waals surface area (Å²) in [4.78, 5) is 11.7. The lowest BCUT2D eigenvalue weighted by atomic mass is 10.1. The Hall–Kier alpha value is -2.37. The molecule has 0 heterocycles. The fourth-order valence-electron chi connectivity index (χ4n) is 2.23. The van der Waals surface area contributed by atoms with Gasteiger partial charge < -0.3 is 20.1 Å². The lowest BCUT2D eigenvalue weighted by Crippen LogP contribution is -2.19. The first kappa shape index (κ1) is 18.0. The fourth-order valence-corrected chi connectivity index (χ4v) is 2.23. The average molecular weight is 328 g/mol. The van der Waals surface area contributed by atoms with Crippen molar-refractivity contribution in [3.05, 3.63) is 60.2 Å². The summed E-state index contributed by atoms with van der Waals surface area (Å²) in [5, 5.41) is 6.23. The molecule has 2 rings (SSSR count). The number of carbonyl (C=O) groups is 1. The van der Waals surface area contributed by atoms with E-state index in [-0.39, 0.29) is 18.6 Å². The van der Waals surface area contributed by atoms with Crippen LogP contribution in [0.1, 0.15) is 18.5 Å². The van der Waals surface area contributed by atoms with E-state index in [0.717, 1.165) is 11.4 Å². The maximum Gasteiger partial charge on any atom is 0.250 e. The van der Waals surface area contributed by atoms with Gasteiger partial charge in [0.15, 0.2) is 0 Å². The van der Waals surface area contributed by atoms with Crippen molar-refractivity contribution in [2.45, 2.75) is 13.0 Å². The van der Waals surface area contributed by atoms with E-state index >= 15 is 0 Å². The minimum Gasteiger partial charge on any atom is -0.382 e. The Bertz CT molecular complexity index is 614. The first-order valence-electron chi connectivity index (χ1n) is 7.97. The van der Waals surface area contributed by atoms with Crippen LogP contribution in [0.15, 0.2) is 54.6 Å². The smallest absolute Gasteiger partial charge is 0.250 e. The van der Waals surface area contributed by atoms with Gasteiger partial charge in [0.2, 0.25) is 5.91 Å². The van der Waals surface area contributed by atoms with E-state index < -0.39 is 0 Å². The molecule has 0 aliphatic rings. The summed E-state index contributed by atoms with van der Waals surface area (Å²) in [6.07, 6.45) is 0. The molecule has 0 spiro atoms. The van der Waals surface area contributed by atoms with Gasteiger partial charge in [-0.3, -0.25) is 4.79 Å². The van der Waals surface area contributed by atoms with Crippen LogP contribution in [0.2, 0.25) is 0 Å². The third-order valence-corrected chi connectivity index (χ3v) is 3.52. The number of ether oxygens (including phenoxy) is 2. The summed E-state index contributed by atoms with van der Waals surface area (Å²) in [6.45, 7) is 3.02. The second-order valence-corrected chi connectivity index (χ2v) is 5.45. The topological polar surface area (TPSA) is 59.6 Å². The first-order valence-corrected chi connectivity index (χ1v) is 7.97. The highest BCUT2D eigenvalue weighted by atomic mass is 16.5. The Labute approximate surface area is 143 Å². The van der Waals surface area contributed by atoms with Gasteiger partial charge in [-0.15, -0.1) is 0 Å². The van der Waals surface area contributed by atoms with Crippen molar-refractivity contribution < 1.29 is 14.3 Å². The summed E-state index contributed by atoms with van der Waals surface area (Å²) in [7, 11) is 1.59. The SMILES string of the molecule is COCCOCC(=O)Nc1ccc(N[C@@H](C)c2ccccc2)cc1. The molecule has 2 aromatic carbocycles. The van der Waals surface area contributed by atoms with Gasteiger partial charge in [-0.05, 0) is 36.8 Å². The van der Waals surface area contributed by atoms with Crippen LogP contribution in [0.5, 0.6) is 0 Å². The molecule has 2 aromatic rings. The van der Waals surface area contributed by atoms with Crippen LogP contribution in [0.4, 0.5) is 11.4 Å². The molecule has 0 unspecified atom stereocenters. The highest BCUT2D eigenvalue weighted by molar-refractivity contribution is 5.91. The van der Waals surface area contributed by atoms with Gasteiger partial charge in [0.1, 0.15) is 6.61 Å². The standard InChI is InChI=1S/C19H24N2O3/c1-15(16-6-4-3-5-7-16)20-17-8-10-18(11-9-17)21-19(22)14-24-13-12-23-2/h3-11,15,20H,12-14H2,1-2H3,(H,21,22)/t15-/m0/s1. The summed E-state index contributed by atoms with van der Waals surface area (Å²) in [5.74, 6) is -0.176. The van der Waals surface area contributed by atoms with E-state index in [0.29, 0.717) is 13.2 Å². The summed E-state index contributed by atoms with van der Waals surface area (Å²) in [5.41, 5.74) is 2.97. The molecule has 0 aromatic heterocycles. The van der Waals surface area contributed by atoms with Crippen molar-refractivity contribution in [2.24, 2.45) is 0 Å². The van der Waals surface area contributed by atoms with Crippen molar-refractivity contribution >= 4 is 17.3 Å². The molecular formula is C19H24N2O3. The maximum atomic E-state index is 11.7. The molecule has 24 heavy (non-hydrogen) atoms. The molecule has 0 radical (unpaired) electrons. The van der Waals surface area contributed by atoms with Crippen molar-refractivity contribution in [3.63, 3.8) is 0 Å². The number of amides is 1. The molecule has 0 fully saturated rings. The molecule has 1 atom stereocenters. The van der Waals surface area contributed by atoms with Crippen molar-refractivity contribution in [2.75, 3.05) is 37.6 Å². The Kier molecular flexibility index (Phi) is 7.26. The molecule has 1 amide bonds. The van der Waals surface area contributed by atoms with Crippen LogP contribution >= 0.6 is 0 Å². The monoisotopic (exact) mass is 328 g/mol.